The molecule has 1 unspecified atom stereocenters. The zero-order valence-corrected chi connectivity index (χ0v) is 13.7. The van der Waals surface area contributed by atoms with Crippen molar-refractivity contribution in [2.45, 2.75) is 26.4 Å². The highest BCUT2D eigenvalue weighted by Gasteiger charge is 2.34. The van der Waals surface area contributed by atoms with E-state index < -0.39 is 5.82 Å². The smallest absolute Gasteiger partial charge is 0.324 e. The van der Waals surface area contributed by atoms with Gasteiger partial charge in [0.05, 0.1) is 13.7 Å². The highest BCUT2D eigenvalue weighted by molar-refractivity contribution is 5.97. The minimum atomic E-state index is -0.418. The van der Waals surface area contributed by atoms with E-state index in [1.165, 1.54) is 18.1 Å². The summed E-state index contributed by atoms with van der Waals surface area (Å²) >= 11 is 0. The molecule has 1 aliphatic rings. The number of nitrogens with zero attached hydrogens (tertiary/aromatic N) is 1. The monoisotopic (exact) mass is 324 g/mol. The van der Waals surface area contributed by atoms with E-state index in [-0.39, 0.29) is 23.7 Å². The number of benzene rings is 1. The average Bonchev–Trinajstić information content (AvgIpc) is 2.97. The normalized spacial score (nSPS) is 16.9. The Morgan fingerprint density at radius 3 is 2.78 bits per heavy atom. The Hall–Kier alpha value is -2.15. The van der Waals surface area contributed by atoms with Crippen LogP contribution in [0.15, 0.2) is 18.2 Å². The first-order chi connectivity index (χ1) is 11.0. The summed E-state index contributed by atoms with van der Waals surface area (Å²) < 4.78 is 18.7. The van der Waals surface area contributed by atoms with Gasteiger partial charge in [-0.1, -0.05) is 0 Å². The van der Waals surface area contributed by atoms with Crippen LogP contribution in [0.5, 0.6) is 5.75 Å². The first kappa shape index (κ1) is 17.2. The number of rotatable bonds is 6. The van der Waals surface area contributed by atoms with Gasteiger partial charge in [0, 0.05) is 18.7 Å². The standard InChI is InChI=1S/C16H22FN3O3/c1-4-19(10-12-5-6-14(23-3)13(17)9-12)11(2)15(21)20-8-7-18-16(20)22/h5-6,9,11H,4,7-8,10H2,1-3H3,(H,18,22)/p+1/t11-/m1/s1. The molecular formula is C16H23FN3O3+. The molecule has 2 N–H and O–H groups in total. The van der Waals surface area contributed by atoms with Crippen LogP contribution in [0.4, 0.5) is 9.18 Å². The fourth-order valence-electron chi connectivity index (χ4n) is 2.76. The van der Waals surface area contributed by atoms with E-state index in [0.717, 1.165) is 10.5 Å². The number of carbonyl (C=O) groups excluding carboxylic acids is 2. The molecule has 1 aromatic rings. The number of imide groups is 1. The molecule has 1 aliphatic heterocycles. The van der Waals surface area contributed by atoms with Crippen molar-refractivity contribution in [1.82, 2.24) is 10.2 Å². The average molecular weight is 324 g/mol. The number of hydrogen-bond acceptors (Lipinski definition) is 3. The van der Waals surface area contributed by atoms with E-state index in [1.54, 1.807) is 19.1 Å². The molecule has 1 saturated heterocycles. The van der Waals surface area contributed by atoms with Gasteiger partial charge in [-0.3, -0.25) is 9.69 Å². The van der Waals surface area contributed by atoms with Crippen molar-refractivity contribution in [2.75, 3.05) is 26.7 Å². The maximum absolute atomic E-state index is 13.8. The summed E-state index contributed by atoms with van der Waals surface area (Å²) in [6.07, 6.45) is 0. The minimum Gasteiger partial charge on any atom is -0.494 e. The molecule has 126 valence electrons. The highest BCUT2D eigenvalue weighted by atomic mass is 19.1. The molecule has 23 heavy (non-hydrogen) atoms. The van der Waals surface area contributed by atoms with Gasteiger partial charge in [-0.05, 0) is 32.0 Å². The second kappa shape index (κ2) is 7.41. The van der Waals surface area contributed by atoms with Gasteiger partial charge in [0.15, 0.2) is 17.6 Å². The Balaban J connectivity index is 2.08. The van der Waals surface area contributed by atoms with Gasteiger partial charge in [0.1, 0.15) is 6.54 Å². The third kappa shape index (κ3) is 3.79. The molecule has 1 heterocycles. The maximum Gasteiger partial charge on any atom is 0.324 e. The van der Waals surface area contributed by atoms with Crippen LogP contribution >= 0.6 is 0 Å². The van der Waals surface area contributed by atoms with Gasteiger partial charge in [-0.2, -0.15) is 0 Å². The molecule has 1 aromatic carbocycles. The summed E-state index contributed by atoms with van der Waals surface area (Å²) in [6, 6.07) is 4.08. The Morgan fingerprint density at radius 1 is 1.52 bits per heavy atom. The van der Waals surface area contributed by atoms with Gasteiger partial charge in [-0.15, -0.1) is 0 Å². The summed E-state index contributed by atoms with van der Waals surface area (Å²) in [5.74, 6) is -0.422. The summed E-state index contributed by atoms with van der Waals surface area (Å²) in [5.41, 5.74) is 0.783. The molecule has 0 aliphatic carbocycles. The molecule has 3 amide bonds. The fraction of sp³-hybridized carbons (Fsp3) is 0.500. The summed E-state index contributed by atoms with van der Waals surface area (Å²) in [4.78, 5) is 26.3. The van der Waals surface area contributed by atoms with Crippen molar-refractivity contribution in [2.24, 2.45) is 0 Å². The predicted molar refractivity (Wildman–Crippen MR) is 82.7 cm³/mol. The SMILES string of the molecule is CC[NH+](Cc1ccc(OC)c(F)c1)[C@H](C)C(=O)N1CCNC1=O. The summed E-state index contributed by atoms with van der Waals surface area (Å²) in [6.45, 7) is 5.84. The van der Waals surface area contributed by atoms with Crippen LogP contribution < -0.4 is 15.0 Å². The van der Waals surface area contributed by atoms with Crippen molar-refractivity contribution in [3.8, 4) is 5.75 Å². The lowest BCUT2D eigenvalue weighted by atomic mass is 10.1. The molecule has 2 rings (SSSR count). The topological polar surface area (TPSA) is 63.1 Å². The predicted octanol–water partition coefficient (Wildman–Crippen LogP) is 0.179. The van der Waals surface area contributed by atoms with Gasteiger partial charge in [0.25, 0.3) is 5.91 Å². The zero-order valence-electron chi connectivity index (χ0n) is 13.7. The van der Waals surface area contributed by atoms with Crippen LogP contribution in [-0.2, 0) is 11.3 Å². The molecule has 0 spiro atoms. The van der Waals surface area contributed by atoms with Gasteiger partial charge in [-0.25, -0.2) is 9.18 Å². The van der Waals surface area contributed by atoms with Crippen molar-refractivity contribution in [3.63, 3.8) is 0 Å². The second-order valence-electron chi connectivity index (χ2n) is 5.60. The van der Waals surface area contributed by atoms with E-state index in [9.17, 15) is 14.0 Å². The van der Waals surface area contributed by atoms with Gasteiger partial charge < -0.3 is 15.0 Å². The highest BCUT2D eigenvalue weighted by Crippen LogP contribution is 2.17. The Labute approximate surface area is 135 Å². The quantitative estimate of drug-likeness (QED) is 0.785. The molecule has 7 heteroatoms. The van der Waals surface area contributed by atoms with Crippen molar-refractivity contribution in [3.05, 3.63) is 29.6 Å². The van der Waals surface area contributed by atoms with Crippen LogP contribution in [0, 0.1) is 5.82 Å². The van der Waals surface area contributed by atoms with Crippen LogP contribution in [0.1, 0.15) is 19.4 Å². The molecule has 0 bridgehead atoms. The van der Waals surface area contributed by atoms with E-state index in [0.29, 0.717) is 26.2 Å². The Morgan fingerprint density at radius 2 is 2.26 bits per heavy atom. The van der Waals surface area contributed by atoms with Crippen LogP contribution in [0.25, 0.3) is 0 Å². The summed E-state index contributed by atoms with van der Waals surface area (Å²) in [5, 5.41) is 2.63. The molecule has 0 aromatic heterocycles. The number of hydrogen-bond donors (Lipinski definition) is 2. The van der Waals surface area contributed by atoms with E-state index in [1.807, 2.05) is 6.92 Å². The fourth-order valence-corrected chi connectivity index (χ4v) is 2.76. The molecule has 6 nitrogen and oxygen atoms in total. The number of urea groups is 1. The van der Waals surface area contributed by atoms with Crippen LogP contribution in [0.2, 0.25) is 0 Å². The number of halogens is 1. The van der Waals surface area contributed by atoms with E-state index in [4.69, 9.17) is 4.74 Å². The molecule has 0 saturated carbocycles. The lowest BCUT2D eigenvalue weighted by molar-refractivity contribution is -0.926. The lowest BCUT2D eigenvalue weighted by Crippen LogP contribution is -3.15. The second-order valence-corrected chi connectivity index (χ2v) is 5.60. The Kier molecular flexibility index (Phi) is 5.54. The number of ether oxygens (including phenoxy) is 1. The number of methoxy groups -OCH3 is 1. The Bertz CT molecular complexity index is 594. The van der Waals surface area contributed by atoms with Crippen LogP contribution in [-0.4, -0.2) is 49.6 Å². The zero-order chi connectivity index (χ0) is 17.0. The van der Waals surface area contributed by atoms with Crippen molar-refractivity contribution < 1.29 is 23.6 Å². The van der Waals surface area contributed by atoms with Gasteiger partial charge >= 0.3 is 6.03 Å². The number of carbonyl (C=O) groups is 2. The number of quaternary nitrogens is 1. The van der Waals surface area contributed by atoms with Gasteiger partial charge in [0.2, 0.25) is 0 Å². The number of amides is 3. The third-order valence-electron chi connectivity index (χ3n) is 4.21. The largest absolute Gasteiger partial charge is 0.494 e. The van der Waals surface area contributed by atoms with E-state index >= 15 is 0 Å². The first-order valence-corrected chi connectivity index (χ1v) is 7.74. The lowest BCUT2D eigenvalue weighted by Gasteiger charge is -2.26. The molecular weight excluding hydrogens is 301 g/mol. The first-order valence-electron chi connectivity index (χ1n) is 7.74. The molecule has 2 atom stereocenters. The van der Waals surface area contributed by atoms with E-state index in [2.05, 4.69) is 5.32 Å². The minimum absolute atomic E-state index is 0.199. The molecule has 0 radical (unpaired) electrons. The third-order valence-corrected chi connectivity index (χ3v) is 4.21. The summed E-state index contributed by atoms with van der Waals surface area (Å²) in [7, 11) is 1.42. The van der Waals surface area contributed by atoms with Crippen molar-refractivity contribution >= 4 is 11.9 Å². The molecule has 1 fully saturated rings. The van der Waals surface area contributed by atoms with Crippen LogP contribution in [0.3, 0.4) is 0 Å². The number of nitrogens with one attached hydrogen (secondary N) is 2. The maximum atomic E-state index is 13.8. The number of likely N-dealkylation sites (N-methyl/N-ethyl adjacent to an activating group) is 1. The van der Waals surface area contributed by atoms with Crippen molar-refractivity contribution in [1.29, 1.82) is 0 Å².